The van der Waals surface area contributed by atoms with Crippen molar-refractivity contribution in [2.24, 2.45) is 0 Å². The lowest BCUT2D eigenvalue weighted by atomic mass is 10.0. The van der Waals surface area contributed by atoms with Gasteiger partial charge in [-0.25, -0.2) is 0 Å². The molecular weight excluding hydrogens is 856 g/mol. The Morgan fingerprint density at radius 3 is 1.05 bits per heavy atom. The topological polar surface area (TPSA) is 88.1 Å². The number of ether oxygens (including phenoxy) is 4. The zero-order valence-electron chi connectivity index (χ0n) is 34.5. The van der Waals surface area contributed by atoms with Gasteiger partial charge in [0.15, 0.2) is 17.3 Å². The van der Waals surface area contributed by atoms with Crippen LogP contribution < -0.4 is 18.9 Å². The summed E-state index contributed by atoms with van der Waals surface area (Å²) in [5, 5.41) is 3.08. The predicted molar refractivity (Wildman–Crippen MR) is 254 cm³/mol. The molecule has 0 spiro atoms. The SMILES string of the molecule is O=C(c1ccc(Cl)cc1)c1ccc(Oc2cccc(OCc3ccc(C(=O)c4ccc(Oc5ccc6ccc(Oc7ccc(C(=O)c8ccc(Cl)cc8)cc7)cc6c5)cc4)cc3)c2)cc1. The van der Waals surface area contributed by atoms with E-state index in [1.165, 1.54) is 0 Å². The molecule has 0 saturated carbocycles. The standard InChI is InChI=1S/C56H36Cl2O7/c57-45-20-8-39(9-21-45)55(60)42-14-24-47(25-15-42)63-51-3-1-2-50(34-51)62-35-36-4-6-38(7-5-36)54(59)41-16-26-48(27-17-41)64-52-30-12-37-13-31-53(33-44(37)32-52)65-49-28-18-43(19-29-49)56(61)40-10-22-46(58)23-11-40/h1-34H,35H2. The van der Waals surface area contributed by atoms with Gasteiger partial charge in [-0.05, 0) is 174 Å². The molecule has 0 amide bonds. The van der Waals surface area contributed by atoms with Crippen molar-refractivity contribution in [3.8, 4) is 40.2 Å². The molecule has 9 aromatic rings. The van der Waals surface area contributed by atoms with Gasteiger partial charge >= 0.3 is 0 Å². The lowest BCUT2D eigenvalue weighted by Gasteiger charge is -2.11. The van der Waals surface area contributed by atoms with Gasteiger partial charge in [-0.2, -0.15) is 0 Å². The van der Waals surface area contributed by atoms with E-state index < -0.39 is 0 Å². The first kappa shape index (κ1) is 42.3. The summed E-state index contributed by atoms with van der Waals surface area (Å²) < 4.78 is 24.4. The molecule has 0 bridgehead atoms. The summed E-state index contributed by atoms with van der Waals surface area (Å²) in [6.45, 7) is 0.290. The Morgan fingerprint density at radius 2 is 0.646 bits per heavy atom. The number of benzene rings is 9. The second-order valence-electron chi connectivity index (χ2n) is 15.0. The number of carbonyl (C=O) groups is 3. The van der Waals surface area contributed by atoms with E-state index in [-0.39, 0.29) is 24.0 Å². The summed E-state index contributed by atoms with van der Waals surface area (Å²) >= 11 is 11.9. The van der Waals surface area contributed by atoms with Crippen molar-refractivity contribution in [2.45, 2.75) is 6.61 Å². The molecule has 7 nitrogen and oxygen atoms in total. The summed E-state index contributed by atoms with van der Waals surface area (Å²) in [5.41, 5.74) is 4.18. The minimum absolute atomic E-state index is 0.0960. The molecule has 0 fully saturated rings. The van der Waals surface area contributed by atoms with Gasteiger partial charge in [0.05, 0.1) is 0 Å². The van der Waals surface area contributed by atoms with Crippen molar-refractivity contribution in [3.63, 3.8) is 0 Å². The summed E-state index contributed by atoms with van der Waals surface area (Å²) in [6, 6.07) is 60.8. The third kappa shape index (κ3) is 10.5. The molecule has 316 valence electrons. The largest absolute Gasteiger partial charge is 0.489 e. The second-order valence-corrected chi connectivity index (χ2v) is 15.9. The summed E-state index contributed by atoms with van der Waals surface area (Å²) in [7, 11) is 0. The first-order valence-electron chi connectivity index (χ1n) is 20.5. The number of ketones is 3. The fourth-order valence-corrected chi connectivity index (χ4v) is 7.26. The van der Waals surface area contributed by atoms with Crippen LogP contribution in [0.1, 0.15) is 53.3 Å². The maximum atomic E-state index is 13.4. The zero-order valence-corrected chi connectivity index (χ0v) is 36.0. The van der Waals surface area contributed by atoms with Crippen molar-refractivity contribution >= 4 is 51.3 Å². The van der Waals surface area contributed by atoms with Crippen molar-refractivity contribution in [1.82, 2.24) is 0 Å². The van der Waals surface area contributed by atoms with Crippen molar-refractivity contribution < 1.29 is 33.3 Å². The first-order valence-corrected chi connectivity index (χ1v) is 21.3. The molecular formula is C56H36Cl2O7. The van der Waals surface area contributed by atoms with E-state index in [0.717, 1.165) is 16.3 Å². The number of hydrogen-bond donors (Lipinski definition) is 0. The van der Waals surface area contributed by atoms with Gasteiger partial charge < -0.3 is 18.9 Å². The molecule has 0 aliphatic heterocycles. The normalized spacial score (nSPS) is 10.9. The monoisotopic (exact) mass is 890 g/mol. The predicted octanol–water partition coefficient (Wildman–Crippen LogP) is 14.8. The average Bonchev–Trinajstić information content (AvgIpc) is 3.34. The molecule has 65 heavy (non-hydrogen) atoms. The molecule has 0 aliphatic carbocycles. The lowest BCUT2D eigenvalue weighted by Crippen LogP contribution is -2.02. The molecule has 0 radical (unpaired) electrons. The van der Waals surface area contributed by atoms with E-state index in [9.17, 15) is 14.4 Å². The average molecular weight is 892 g/mol. The van der Waals surface area contributed by atoms with Crippen LogP contribution in [-0.4, -0.2) is 17.3 Å². The van der Waals surface area contributed by atoms with Gasteiger partial charge in [0.2, 0.25) is 0 Å². The van der Waals surface area contributed by atoms with Crippen LogP contribution in [0.25, 0.3) is 10.8 Å². The van der Waals surface area contributed by atoms with Gasteiger partial charge in [0.25, 0.3) is 0 Å². The minimum atomic E-state index is -0.114. The van der Waals surface area contributed by atoms with Crippen LogP contribution in [0.2, 0.25) is 10.0 Å². The number of halogens is 2. The fraction of sp³-hybridized carbons (Fsp3) is 0.0179. The highest BCUT2D eigenvalue weighted by Gasteiger charge is 2.13. The maximum Gasteiger partial charge on any atom is 0.193 e. The highest BCUT2D eigenvalue weighted by molar-refractivity contribution is 6.31. The van der Waals surface area contributed by atoms with E-state index in [0.29, 0.717) is 83.7 Å². The molecule has 0 N–H and O–H groups in total. The van der Waals surface area contributed by atoms with Gasteiger partial charge in [-0.1, -0.05) is 65.7 Å². The number of fused-ring (bicyclic) bond motifs is 1. The second kappa shape index (κ2) is 19.2. The van der Waals surface area contributed by atoms with Gasteiger partial charge in [-0.3, -0.25) is 14.4 Å². The molecule has 0 heterocycles. The Labute approximate surface area is 385 Å². The molecule has 9 rings (SSSR count). The summed E-state index contributed by atoms with van der Waals surface area (Å²) in [5.74, 6) is 3.92. The smallest absolute Gasteiger partial charge is 0.193 e. The van der Waals surface area contributed by atoms with E-state index in [1.807, 2.05) is 66.7 Å². The highest BCUT2D eigenvalue weighted by atomic mass is 35.5. The van der Waals surface area contributed by atoms with E-state index in [2.05, 4.69) is 0 Å². The van der Waals surface area contributed by atoms with E-state index >= 15 is 0 Å². The van der Waals surface area contributed by atoms with Crippen LogP contribution >= 0.6 is 23.2 Å². The number of carbonyl (C=O) groups excluding carboxylic acids is 3. The summed E-state index contributed by atoms with van der Waals surface area (Å²) in [6.07, 6.45) is 0. The number of hydrogen-bond acceptors (Lipinski definition) is 7. The van der Waals surface area contributed by atoms with Crippen molar-refractivity contribution in [2.75, 3.05) is 0 Å². The Morgan fingerprint density at radius 1 is 0.323 bits per heavy atom. The Hall–Kier alpha value is -7.97. The van der Waals surface area contributed by atoms with Gasteiger partial charge in [0.1, 0.15) is 46.9 Å². The van der Waals surface area contributed by atoms with Crippen LogP contribution in [0, 0.1) is 0 Å². The van der Waals surface area contributed by atoms with E-state index in [4.69, 9.17) is 42.1 Å². The summed E-state index contributed by atoms with van der Waals surface area (Å²) in [4.78, 5) is 39.1. The third-order valence-corrected chi connectivity index (χ3v) is 11.0. The van der Waals surface area contributed by atoms with Crippen molar-refractivity contribution in [1.29, 1.82) is 0 Å². The highest BCUT2D eigenvalue weighted by Crippen LogP contribution is 2.32. The van der Waals surface area contributed by atoms with Gasteiger partial charge in [0, 0.05) is 49.5 Å². The Balaban J connectivity index is 0.767. The Kier molecular flexibility index (Phi) is 12.5. The Bertz CT molecular complexity index is 3150. The van der Waals surface area contributed by atoms with Crippen molar-refractivity contribution in [3.05, 3.63) is 255 Å². The maximum absolute atomic E-state index is 13.4. The lowest BCUT2D eigenvalue weighted by molar-refractivity contribution is 0.103. The molecule has 0 aromatic heterocycles. The molecule has 0 saturated heterocycles. The molecule has 0 aliphatic rings. The molecule has 9 aromatic carbocycles. The van der Waals surface area contributed by atoms with Gasteiger partial charge in [-0.15, -0.1) is 0 Å². The van der Waals surface area contributed by atoms with Crippen LogP contribution in [0.15, 0.2) is 206 Å². The zero-order chi connectivity index (χ0) is 44.7. The molecule has 0 atom stereocenters. The van der Waals surface area contributed by atoms with Crippen LogP contribution in [0.3, 0.4) is 0 Å². The minimum Gasteiger partial charge on any atom is -0.489 e. The van der Waals surface area contributed by atoms with Crippen LogP contribution in [-0.2, 0) is 6.61 Å². The van der Waals surface area contributed by atoms with E-state index in [1.54, 1.807) is 140 Å². The molecule has 9 heteroatoms. The number of rotatable bonds is 15. The van der Waals surface area contributed by atoms with Crippen LogP contribution in [0.4, 0.5) is 0 Å². The quantitative estimate of drug-likeness (QED) is 0.0947. The molecule has 0 unspecified atom stereocenters. The third-order valence-electron chi connectivity index (χ3n) is 10.5. The first-order chi connectivity index (χ1) is 31.7. The fourth-order valence-electron chi connectivity index (χ4n) is 7.01. The van der Waals surface area contributed by atoms with Crippen LogP contribution in [0.5, 0.6) is 40.2 Å².